The van der Waals surface area contributed by atoms with Crippen molar-refractivity contribution in [3.05, 3.63) is 56.9 Å². The van der Waals surface area contributed by atoms with Gasteiger partial charge in [-0.2, -0.15) is 0 Å². The molecule has 1 N–H and O–H groups in total. The second-order valence-corrected chi connectivity index (χ2v) is 7.20. The first-order valence-corrected chi connectivity index (χ1v) is 9.34. The summed E-state index contributed by atoms with van der Waals surface area (Å²) in [7, 11) is 0. The van der Waals surface area contributed by atoms with Gasteiger partial charge in [-0.15, -0.1) is 11.3 Å². The molecule has 1 amide bonds. The van der Waals surface area contributed by atoms with E-state index in [-0.39, 0.29) is 11.9 Å². The summed E-state index contributed by atoms with van der Waals surface area (Å²) < 4.78 is 5.16. The first-order valence-electron chi connectivity index (χ1n) is 8.14. The van der Waals surface area contributed by atoms with Crippen molar-refractivity contribution in [2.45, 2.75) is 26.2 Å². The summed E-state index contributed by atoms with van der Waals surface area (Å²) >= 11 is 7.40. The molecule has 3 rings (SSSR count). The normalized spacial score (nSPS) is 13.0. The topological polar surface area (TPSA) is 55.4 Å². The van der Waals surface area contributed by atoms with Crippen LogP contribution in [0.25, 0.3) is 6.08 Å². The number of benzene rings is 1. The number of ether oxygens (including phenoxy) is 1. The Morgan fingerprint density at radius 3 is 2.96 bits per heavy atom. The van der Waals surface area contributed by atoms with Crippen molar-refractivity contribution in [2.24, 2.45) is 0 Å². The molecule has 25 heavy (non-hydrogen) atoms. The van der Waals surface area contributed by atoms with Gasteiger partial charge in [-0.1, -0.05) is 23.7 Å². The standard InChI is InChI=1S/C19H18ClNO3S/c1-2-24-19(23)17-14-7-4-8-15(14)25-18(17)21-16(22)10-9-12-5-3-6-13(20)11-12/h3,5-6,9-11H,2,4,7-8H2,1H3,(H,21,22)/b10-9+. The van der Waals surface area contributed by atoms with E-state index in [4.69, 9.17) is 16.3 Å². The fraction of sp³-hybridized carbons (Fsp3) is 0.263. The molecule has 0 saturated heterocycles. The summed E-state index contributed by atoms with van der Waals surface area (Å²) in [5.41, 5.74) is 2.38. The summed E-state index contributed by atoms with van der Waals surface area (Å²) in [6, 6.07) is 7.23. The smallest absolute Gasteiger partial charge is 0.341 e. The van der Waals surface area contributed by atoms with E-state index < -0.39 is 0 Å². The van der Waals surface area contributed by atoms with E-state index in [2.05, 4.69) is 5.32 Å². The Morgan fingerprint density at radius 1 is 1.36 bits per heavy atom. The molecule has 0 fully saturated rings. The van der Waals surface area contributed by atoms with E-state index in [1.807, 2.05) is 12.1 Å². The number of aryl methyl sites for hydroxylation is 1. The van der Waals surface area contributed by atoms with Crippen LogP contribution in [0.1, 0.15) is 39.7 Å². The molecule has 4 nitrogen and oxygen atoms in total. The number of hydrogen-bond donors (Lipinski definition) is 1. The fourth-order valence-corrected chi connectivity index (χ4v) is 4.33. The lowest BCUT2D eigenvalue weighted by Gasteiger charge is -2.06. The van der Waals surface area contributed by atoms with Gasteiger partial charge in [0.05, 0.1) is 12.2 Å². The number of carbonyl (C=O) groups excluding carboxylic acids is 2. The number of carbonyl (C=O) groups is 2. The van der Waals surface area contributed by atoms with Gasteiger partial charge in [0.25, 0.3) is 0 Å². The summed E-state index contributed by atoms with van der Waals surface area (Å²) in [6.45, 7) is 2.09. The van der Waals surface area contributed by atoms with Gasteiger partial charge >= 0.3 is 5.97 Å². The van der Waals surface area contributed by atoms with Crippen molar-refractivity contribution in [3.8, 4) is 0 Å². The Labute approximate surface area is 155 Å². The van der Waals surface area contributed by atoms with Crippen LogP contribution < -0.4 is 5.32 Å². The third-order valence-electron chi connectivity index (χ3n) is 3.91. The Bertz CT molecular complexity index is 841. The average Bonchev–Trinajstić information content (AvgIpc) is 3.13. The zero-order valence-corrected chi connectivity index (χ0v) is 15.4. The highest BCUT2D eigenvalue weighted by Crippen LogP contribution is 2.39. The van der Waals surface area contributed by atoms with Gasteiger partial charge in [0, 0.05) is 16.0 Å². The summed E-state index contributed by atoms with van der Waals surface area (Å²) in [5.74, 6) is -0.651. The van der Waals surface area contributed by atoms with Gasteiger partial charge in [0.2, 0.25) is 5.91 Å². The van der Waals surface area contributed by atoms with Gasteiger partial charge in [0.15, 0.2) is 0 Å². The van der Waals surface area contributed by atoms with E-state index >= 15 is 0 Å². The molecule has 0 aliphatic heterocycles. The predicted octanol–water partition coefficient (Wildman–Crippen LogP) is 4.72. The SMILES string of the molecule is CCOC(=O)c1c(NC(=O)/C=C/c2cccc(Cl)c2)sc2c1CCC2. The highest BCUT2D eigenvalue weighted by molar-refractivity contribution is 7.17. The third kappa shape index (κ3) is 4.11. The van der Waals surface area contributed by atoms with Crippen LogP contribution in [0.4, 0.5) is 5.00 Å². The Hall–Kier alpha value is -2.11. The molecule has 0 unspecified atom stereocenters. The fourth-order valence-electron chi connectivity index (χ4n) is 2.85. The number of thiophene rings is 1. The molecule has 1 aliphatic rings. The van der Waals surface area contributed by atoms with Crippen molar-refractivity contribution in [1.82, 2.24) is 0 Å². The molecular formula is C19H18ClNO3S. The highest BCUT2D eigenvalue weighted by Gasteiger charge is 2.27. The molecule has 1 aliphatic carbocycles. The zero-order valence-electron chi connectivity index (χ0n) is 13.8. The average molecular weight is 376 g/mol. The third-order valence-corrected chi connectivity index (χ3v) is 5.36. The maximum atomic E-state index is 12.3. The van der Waals surface area contributed by atoms with Gasteiger partial charge in [-0.05, 0) is 55.5 Å². The van der Waals surface area contributed by atoms with Crippen LogP contribution >= 0.6 is 22.9 Å². The molecule has 2 aromatic rings. The van der Waals surface area contributed by atoms with E-state index in [1.165, 1.54) is 17.4 Å². The minimum Gasteiger partial charge on any atom is -0.462 e. The van der Waals surface area contributed by atoms with Crippen LogP contribution in [0.5, 0.6) is 0 Å². The van der Waals surface area contributed by atoms with Crippen molar-refractivity contribution in [1.29, 1.82) is 0 Å². The van der Waals surface area contributed by atoms with Gasteiger partial charge in [-0.25, -0.2) is 4.79 Å². The van der Waals surface area contributed by atoms with E-state index in [0.29, 0.717) is 22.2 Å². The molecule has 0 radical (unpaired) electrons. The molecule has 0 bridgehead atoms. The number of nitrogens with one attached hydrogen (secondary N) is 1. The van der Waals surface area contributed by atoms with Crippen LogP contribution in [0.3, 0.4) is 0 Å². The maximum absolute atomic E-state index is 12.3. The Balaban J connectivity index is 1.78. The van der Waals surface area contributed by atoms with Crippen molar-refractivity contribution >= 4 is 45.9 Å². The van der Waals surface area contributed by atoms with Gasteiger partial charge in [-0.3, -0.25) is 4.79 Å². The lowest BCUT2D eigenvalue weighted by Crippen LogP contribution is -2.13. The number of anilines is 1. The summed E-state index contributed by atoms with van der Waals surface area (Å²) in [6.07, 6.45) is 5.96. The molecule has 0 saturated carbocycles. The van der Waals surface area contributed by atoms with Crippen molar-refractivity contribution in [2.75, 3.05) is 11.9 Å². The predicted molar refractivity (Wildman–Crippen MR) is 101 cm³/mol. The molecule has 6 heteroatoms. The number of halogens is 1. The number of hydrogen-bond acceptors (Lipinski definition) is 4. The molecule has 1 aromatic heterocycles. The number of rotatable bonds is 5. The first kappa shape index (κ1) is 17.7. The lowest BCUT2D eigenvalue weighted by molar-refractivity contribution is -0.111. The van der Waals surface area contributed by atoms with E-state index in [0.717, 1.165) is 35.3 Å². The van der Waals surface area contributed by atoms with E-state index in [9.17, 15) is 9.59 Å². The van der Waals surface area contributed by atoms with Gasteiger partial charge in [0.1, 0.15) is 5.00 Å². The minimum atomic E-state index is -0.365. The molecule has 0 spiro atoms. The number of fused-ring (bicyclic) bond motifs is 1. The number of amides is 1. The quantitative estimate of drug-likeness (QED) is 0.607. The molecule has 1 aromatic carbocycles. The van der Waals surface area contributed by atoms with Crippen LogP contribution in [0.2, 0.25) is 5.02 Å². The summed E-state index contributed by atoms with van der Waals surface area (Å²) in [4.78, 5) is 25.7. The molecular weight excluding hydrogens is 358 g/mol. The van der Waals surface area contributed by atoms with Crippen molar-refractivity contribution in [3.63, 3.8) is 0 Å². The Morgan fingerprint density at radius 2 is 2.20 bits per heavy atom. The monoisotopic (exact) mass is 375 g/mol. The van der Waals surface area contributed by atoms with Crippen LogP contribution in [-0.4, -0.2) is 18.5 Å². The minimum absolute atomic E-state index is 0.287. The largest absolute Gasteiger partial charge is 0.462 e. The van der Waals surface area contributed by atoms with Crippen LogP contribution in [-0.2, 0) is 22.4 Å². The Kier molecular flexibility index (Phi) is 5.56. The van der Waals surface area contributed by atoms with Crippen LogP contribution in [0.15, 0.2) is 30.3 Å². The highest BCUT2D eigenvalue weighted by atomic mass is 35.5. The first-order chi connectivity index (χ1) is 12.1. The van der Waals surface area contributed by atoms with Crippen molar-refractivity contribution < 1.29 is 14.3 Å². The van der Waals surface area contributed by atoms with E-state index in [1.54, 1.807) is 25.1 Å². The lowest BCUT2D eigenvalue weighted by atomic mass is 10.1. The molecule has 130 valence electrons. The second-order valence-electron chi connectivity index (χ2n) is 5.66. The van der Waals surface area contributed by atoms with Crippen LogP contribution in [0, 0.1) is 0 Å². The number of esters is 1. The zero-order chi connectivity index (χ0) is 17.8. The van der Waals surface area contributed by atoms with Gasteiger partial charge < -0.3 is 10.1 Å². The second kappa shape index (κ2) is 7.85. The maximum Gasteiger partial charge on any atom is 0.341 e. The molecule has 0 atom stereocenters. The molecule has 1 heterocycles. The summed E-state index contributed by atoms with van der Waals surface area (Å²) in [5, 5.41) is 4.01.